The monoisotopic (exact) mass is 442 g/mol. The summed E-state index contributed by atoms with van der Waals surface area (Å²) in [6, 6.07) is 26.2. The number of aliphatic imine (C=N–C) groups is 1. The Morgan fingerprint density at radius 1 is 0.706 bits per heavy atom. The fourth-order valence-corrected chi connectivity index (χ4v) is 6.08. The second kappa shape index (κ2) is 7.17. The van der Waals surface area contributed by atoms with Crippen molar-refractivity contribution < 1.29 is 0 Å². The molecule has 0 atom stereocenters. The number of anilines is 1. The standard InChI is InChI=1S/C32H30N2/c1-31(2)27(33-25-19-17-21-11-6-8-13-23(21)29(25)31)15-10-16-28-32(3,4)30-24-14-9-7-12-22(24)18-20-26(30)34(28)5/h6-20H,1-5H3/b15-10+,28-16+. The van der Waals surface area contributed by atoms with Gasteiger partial charge < -0.3 is 4.90 Å². The van der Waals surface area contributed by atoms with Gasteiger partial charge in [0.2, 0.25) is 0 Å². The number of allylic oxidation sites excluding steroid dienone is 4. The topological polar surface area (TPSA) is 15.6 Å². The highest BCUT2D eigenvalue weighted by Crippen LogP contribution is 2.50. The first-order valence-electron chi connectivity index (χ1n) is 12.1. The average Bonchev–Trinajstić information content (AvgIpc) is 3.20. The molecule has 0 bridgehead atoms. The van der Waals surface area contributed by atoms with E-state index in [9.17, 15) is 0 Å². The van der Waals surface area contributed by atoms with Gasteiger partial charge in [0, 0.05) is 29.3 Å². The molecule has 0 fully saturated rings. The van der Waals surface area contributed by atoms with Crippen LogP contribution < -0.4 is 4.90 Å². The van der Waals surface area contributed by atoms with Crippen molar-refractivity contribution in [3.8, 4) is 0 Å². The van der Waals surface area contributed by atoms with Crippen LogP contribution in [0.15, 0.2) is 102 Å². The van der Waals surface area contributed by atoms with Crippen LogP contribution in [0.2, 0.25) is 0 Å². The maximum atomic E-state index is 5.04. The Labute approximate surface area is 201 Å². The molecule has 0 aromatic heterocycles. The van der Waals surface area contributed by atoms with Gasteiger partial charge in [-0.2, -0.15) is 0 Å². The molecule has 0 spiro atoms. The lowest BCUT2D eigenvalue weighted by atomic mass is 9.79. The summed E-state index contributed by atoms with van der Waals surface area (Å²) in [7, 11) is 2.18. The molecular weight excluding hydrogens is 412 g/mol. The number of hydrogen-bond donors (Lipinski definition) is 0. The van der Waals surface area contributed by atoms with Crippen molar-refractivity contribution in [2.45, 2.75) is 38.5 Å². The van der Waals surface area contributed by atoms with Crippen LogP contribution >= 0.6 is 0 Å². The van der Waals surface area contributed by atoms with Gasteiger partial charge in [-0.05, 0) is 57.0 Å². The molecule has 0 amide bonds. The van der Waals surface area contributed by atoms with Crippen LogP contribution in [0.3, 0.4) is 0 Å². The molecule has 4 aromatic carbocycles. The molecule has 2 aliphatic heterocycles. The van der Waals surface area contributed by atoms with E-state index in [1.54, 1.807) is 0 Å². The van der Waals surface area contributed by atoms with Gasteiger partial charge in [-0.3, -0.25) is 4.99 Å². The smallest absolute Gasteiger partial charge is 0.0681 e. The van der Waals surface area contributed by atoms with E-state index >= 15 is 0 Å². The van der Waals surface area contributed by atoms with E-state index in [0.29, 0.717) is 0 Å². The van der Waals surface area contributed by atoms with Crippen molar-refractivity contribution in [1.82, 2.24) is 0 Å². The van der Waals surface area contributed by atoms with Crippen LogP contribution in [0.4, 0.5) is 11.4 Å². The maximum absolute atomic E-state index is 5.04. The Bertz CT molecular complexity index is 1560. The molecule has 0 N–H and O–H groups in total. The van der Waals surface area contributed by atoms with Gasteiger partial charge in [-0.1, -0.05) is 94.4 Å². The Morgan fingerprint density at radius 2 is 1.32 bits per heavy atom. The lowest BCUT2D eigenvalue weighted by Crippen LogP contribution is -2.24. The van der Waals surface area contributed by atoms with Crippen molar-refractivity contribution in [1.29, 1.82) is 0 Å². The molecule has 4 aromatic rings. The van der Waals surface area contributed by atoms with Gasteiger partial charge in [0.25, 0.3) is 0 Å². The minimum atomic E-state index is -0.137. The van der Waals surface area contributed by atoms with Crippen molar-refractivity contribution >= 4 is 38.6 Å². The summed E-state index contributed by atoms with van der Waals surface area (Å²) in [5, 5.41) is 5.21. The number of nitrogens with zero attached hydrogens (tertiary/aromatic N) is 2. The molecular formula is C32H30N2. The van der Waals surface area contributed by atoms with E-state index in [1.165, 1.54) is 44.1 Å². The minimum absolute atomic E-state index is 0.0819. The van der Waals surface area contributed by atoms with Crippen LogP contribution in [0.1, 0.15) is 38.8 Å². The minimum Gasteiger partial charge on any atom is -0.347 e. The van der Waals surface area contributed by atoms with E-state index in [2.05, 4.69) is 131 Å². The Kier molecular flexibility index (Phi) is 4.41. The number of benzene rings is 4. The molecule has 6 rings (SSSR count). The molecule has 34 heavy (non-hydrogen) atoms. The molecule has 0 radical (unpaired) electrons. The van der Waals surface area contributed by atoms with Gasteiger partial charge in [-0.15, -0.1) is 0 Å². The highest BCUT2D eigenvalue weighted by Gasteiger charge is 2.39. The summed E-state index contributed by atoms with van der Waals surface area (Å²) in [6.07, 6.45) is 6.66. The molecule has 2 nitrogen and oxygen atoms in total. The fraction of sp³-hybridized carbons (Fsp3) is 0.219. The first kappa shape index (κ1) is 20.9. The second-order valence-electron chi connectivity index (χ2n) is 10.6. The third-order valence-corrected chi connectivity index (χ3v) is 7.82. The molecule has 0 saturated heterocycles. The maximum Gasteiger partial charge on any atom is 0.0681 e. The van der Waals surface area contributed by atoms with Crippen LogP contribution in [-0.2, 0) is 10.8 Å². The van der Waals surface area contributed by atoms with Crippen molar-refractivity contribution in [3.05, 3.63) is 108 Å². The van der Waals surface area contributed by atoms with Crippen molar-refractivity contribution in [2.24, 2.45) is 4.99 Å². The van der Waals surface area contributed by atoms with Crippen LogP contribution in [0.25, 0.3) is 21.5 Å². The summed E-state index contributed by atoms with van der Waals surface area (Å²) in [4.78, 5) is 7.38. The van der Waals surface area contributed by atoms with Gasteiger partial charge in [0.05, 0.1) is 11.4 Å². The average molecular weight is 443 g/mol. The first-order chi connectivity index (χ1) is 16.3. The van der Waals surface area contributed by atoms with Crippen LogP contribution in [0, 0.1) is 0 Å². The summed E-state index contributed by atoms with van der Waals surface area (Å²) >= 11 is 0. The third kappa shape index (κ3) is 2.84. The fourth-order valence-electron chi connectivity index (χ4n) is 6.08. The lowest BCUT2D eigenvalue weighted by molar-refractivity contribution is 0.645. The number of hydrogen-bond acceptors (Lipinski definition) is 2. The largest absolute Gasteiger partial charge is 0.347 e. The highest BCUT2D eigenvalue weighted by atomic mass is 15.2. The zero-order chi connectivity index (χ0) is 23.7. The summed E-state index contributed by atoms with van der Waals surface area (Å²) in [5.41, 5.74) is 7.31. The summed E-state index contributed by atoms with van der Waals surface area (Å²) in [6.45, 7) is 9.24. The molecule has 0 saturated carbocycles. The van der Waals surface area contributed by atoms with Crippen molar-refractivity contribution in [3.63, 3.8) is 0 Å². The van der Waals surface area contributed by atoms with E-state index < -0.39 is 0 Å². The van der Waals surface area contributed by atoms with E-state index in [4.69, 9.17) is 4.99 Å². The highest BCUT2D eigenvalue weighted by molar-refractivity contribution is 6.12. The molecule has 168 valence electrons. The normalized spacial score (nSPS) is 19.3. The molecule has 2 heterocycles. The quantitative estimate of drug-likeness (QED) is 0.305. The number of fused-ring (bicyclic) bond motifs is 6. The van der Waals surface area contributed by atoms with Crippen molar-refractivity contribution in [2.75, 3.05) is 11.9 Å². The Morgan fingerprint density at radius 3 is 2.03 bits per heavy atom. The zero-order valence-electron chi connectivity index (χ0n) is 20.6. The van der Waals surface area contributed by atoms with Gasteiger partial charge >= 0.3 is 0 Å². The number of likely N-dealkylation sites (N-methyl/N-ethyl adjacent to an activating group) is 1. The second-order valence-corrected chi connectivity index (χ2v) is 10.6. The zero-order valence-corrected chi connectivity index (χ0v) is 20.6. The van der Waals surface area contributed by atoms with E-state index in [1.807, 2.05) is 0 Å². The molecule has 0 unspecified atom stereocenters. The first-order valence-corrected chi connectivity index (χ1v) is 12.1. The van der Waals surface area contributed by atoms with E-state index in [-0.39, 0.29) is 10.8 Å². The third-order valence-electron chi connectivity index (χ3n) is 7.82. The predicted octanol–water partition coefficient (Wildman–Crippen LogP) is 8.22. The Balaban J connectivity index is 1.38. The van der Waals surface area contributed by atoms with Gasteiger partial charge in [-0.25, -0.2) is 0 Å². The van der Waals surface area contributed by atoms with Gasteiger partial charge in [0.1, 0.15) is 0 Å². The Hall–Kier alpha value is -3.65. The predicted molar refractivity (Wildman–Crippen MR) is 147 cm³/mol. The molecule has 2 heteroatoms. The lowest BCUT2D eigenvalue weighted by Gasteiger charge is -2.24. The van der Waals surface area contributed by atoms with Crippen LogP contribution in [-0.4, -0.2) is 12.8 Å². The van der Waals surface area contributed by atoms with Gasteiger partial charge in [0.15, 0.2) is 0 Å². The van der Waals surface area contributed by atoms with Crippen LogP contribution in [0.5, 0.6) is 0 Å². The SMILES string of the molecule is CN1/C(=C/C=C/C2=Nc3ccc4ccccc4c3C2(C)C)C(C)(C)c2c1ccc1ccccc21. The summed E-state index contributed by atoms with van der Waals surface area (Å²) in [5.74, 6) is 0. The molecule has 2 aliphatic rings. The van der Waals surface area contributed by atoms with E-state index in [0.717, 1.165) is 11.4 Å². The summed E-state index contributed by atoms with van der Waals surface area (Å²) < 4.78 is 0. The number of rotatable bonds is 2. The molecule has 0 aliphatic carbocycles.